The second-order valence-electron chi connectivity index (χ2n) is 34.9. The maximum absolute atomic E-state index is 15.8. The van der Waals surface area contributed by atoms with Gasteiger partial charge in [-0.15, -0.1) is 11.8 Å². The molecule has 736 valence electrons. The first-order valence-electron chi connectivity index (χ1n) is 45.2. The van der Waals surface area contributed by atoms with Gasteiger partial charge >= 0.3 is 5.97 Å². The van der Waals surface area contributed by atoms with E-state index in [-0.39, 0.29) is 81.7 Å². The lowest BCUT2D eigenvalue weighted by Crippen LogP contribution is -2.60. The molecule has 44 nitrogen and oxygen atoms in total. The minimum absolute atomic E-state index is 0.0000122. The molecule has 9 rings (SSSR count). The summed E-state index contributed by atoms with van der Waals surface area (Å²) in [6.45, 7) is 5.56. The number of aliphatic hydroxyl groups excluding tert-OH is 1. The van der Waals surface area contributed by atoms with Crippen LogP contribution < -0.4 is 70.4 Å². The maximum atomic E-state index is 15.8. The Bertz CT molecular complexity index is 5340. The van der Waals surface area contributed by atoms with Crippen LogP contribution in [-0.2, 0) is 123 Å². The highest BCUT2D eigenvalue weighted by Crippen LogP contribution is 2.29. The molecule has 21 N–H and O–H groups in total. The van der Waals surface area contributed by atoms with Gasteiger partial charge in [0.15, 0.2) is 0 Å². The Morgan fingerprint density at radius 2 is 1.17 bits per heavy atom. The molecule has 3 saturated heterocycles. The summed E-state index contributed by atoms with van der Waals surface area (Å²) in [4.78, 5) is 290. The van der Waals surface area contributed by atoms with Crippen molar-refractivity contribution in [1.29, 1.82) is 0 Å². The van der Waals surface area contributed by atoms with E-state index < -0.39 is 260 Å². The number of carboxylic acids is 1. The van der Waals surface area contributed by atoms with Crippen LogP contribution in [0.15, 0.2) is 97.7 Å². The Hall–Kier alpha value is -14.0. The standard InChI is InChI=1S/C91H124N22O22S/c1-9-11-21-69-84(128)103-61(32-49(3)4)82(126)107-67(81(125)97-41-75(94)118)46-136-47-77(120)101-64(33-51-25-27-55(114)28-26-51)87(131)108(6)50(5)79(123)106-66(38-74(93)117)90(134)112-31-17-24-70(112)85(129)105-63(36-54-40-95-48-99-54)83(127)102-60(29-30-73(92)116)89(133)113-44-56(115)37-72(113)86(130)104-62(34-52-39-96-59-20-15-13-18-57(52)59)80(124)98-42-76(119)100-65(88(132)110(8)71(22-12-10-2)91(135)109(69)7)35-53-43-111(45-78(121)122)68-23-16-14-19-58(53)68/h13-16,18-20,23,25-28,39-40,43,48-50,56,60-67,69-72,96,114-115H,9-12,17,21-22,24,29-38,41-42,44-47H2,1-8H3,(H2,92,116)(H2,93,117)(H2,94,118)(H,95,99)(H,97,125)(H,98,124)(H,100,119)(H,101,120)(H,102,127)(H,103,128)(H,104,130)(H,105,129)(H,106,123)(H,107,126)(H,121,122)/t50-,56+,60-,61-,62-,63-,64-,65-,66-,67-,69-,70-,71-,72-/m0/s1. The van der Waals surface area contributed by atoms with E-state index in [0.717, 1.165) is 36.3 Å². The van der Waals surface area contributed by atoms with Gasteiger partial charge < -0.3 is 125 Å². The number of aromatic amines is 2. The topological polar surface area (TPSA) is 649 Å². The molecule has 3 aliphatic rings. The number of nitrogens with one attached hydrogen (secondary N) is 12. The normalized spacial score (nSPS) is 24.1. The molecule has 6 heterocycles. The number of H-pyrrole nitrogens is 2. The third kappa shape index (κ3) is 29.3. The number of nitrogens with zero attached hydrogens (tertiary/aromatic N) is 7. The largest absolute Gasteiger partial charge is 0.508 e. The van der Waals surface area contributed by atoms with Gasteiger partial charge in [0.25, 0.3) is 0 Å². The van der Waals surface area contributed by atoms with Crippen LogP contribution in [0.1, 0.15) is 140 Å². The minimum atomic E-state index is -1.81. The predicted octanol–water partition coefficient (Wildman–Crippen LogP) is -2.73. The van der Waals surface area contributed by atoms with E-state index in [1.165, 1.54) is 75.6 Å². The highest BCUT2D eigenvalue weighted by atomic mass is 32.2. The van der Waals surface area contributed by atoms with Crippen molar-refractivity contribution in [3.05, 3.63) is 120 Å². The quantitative estimate of drug-likeness (QED) is 0.0262. The molecule has 136 heavy (non-hydrogen) atoms. The Balaban J connectivity index is 1.10. The summed E-state index contributed by atoms with van der Waals surface area (Å²) in [6, 6.07) is -1.24. The van der Waals surface area contributed by atoms with E-state index in [1.54, 1.807) is 68.6 Å². The fourth-order valence-corrected chi connectivity index (χ4v) is 17.7. The van der Waals surface area contributed by atoms with Gasteiger partial charge in [-0.1, -0.05) is 102 Å². The number of unbranched alkanes of at least 4 members (excludes halogenated alkanes) is 2. The number of para-hydroxylation sites is 2. The smallest absolute Gasteiger partial charge is 0.323 e. The van der Waals surface area contributed by atoms with E-state index >= 15 is 33.6 Å². The molecule has 14 atom stereocenters. The van der Waals surface area contributed by atoms with E-state index in [2.05, 4.69) is 68.1 Å². The van der Waals surface area contributed by atoms with Crippen molar-refractivity contribution in [2.75, 3.05) is 58.8 Å². The van der Waals surface area contributed by atoms with Crippen LogP contribution in [0.3, 0.4) is 0 Å². The fraction of sp³-hybridized carbons (Fsp3) is 0.516. The SMILES string of the molecule is CCCC[C@H]1C(=O)N(C)[C@@H](CCCC)C(=O)N[C@@H](CC(C)C)C(=O)N[C@H](C(=O)NCC(N)=O)CSCC(=O)N[C@@H](Cc2ccc(O)cc2)C(=O)N(C)[C@@H](C)C(=O)N[C@@H](CC(N)=O)C(=O)N2CCC[C@H]2C(=O)N[C@@H](Cc2cnc[nH]2)C(=O)N[C@@H](CCC(N)=O)C(=O)N2C[C@H](O)C[C@H]2C(=O)N[C@@H](Cc2c[nH]c3ccccc23)C(=O)NCC(=O)N[C@@H](Cc2cn(CC(=O)O)c3ccccc23)C(=O)N1C. The van der Waals surface area contributed by atoms with Crippen molar-refractivity contribution in [3.63, 3.8) is 0 Å². The first kappa shape index (κ1) is 106. The monoisotopic (exact) mass is 1910 g/mol. The number of rotatable bonds is 26. The van der Waals surface area contributed by atoms with E-state index in [9.17, 15) is 72.9 Å². The van der Waals surface area contributed by atoms with Gasteiger partial charge in [-0.2, -0.15) is 0 Å². The Morgan fingerprint density at radius 3 is 1.82 bits per heavy atom. The molecule has 3 aromatic carbocycles. The van der Waals surface area contributed by atoms with Crippen LogP contribution in [0.2, 0.25) is 0 Å². The maximum Gasteiger partial charge on any atom is 0.323 e. The number of benzene rings is 3. The highest BCUT2D eigenvalue weighted by Gasteiger charge is 2.47. The number of carbonyl (C=O) groups excluding carboxylic acids is 18. The van der Waals surface area contributed by atoms with Gasteiger partial charge in [-0.25, -0.2) is 4.98 Å². The first-order valence-corrected chi connectivity index (χ1v) is 46.4. The number of phenols is 1. The molecule has 3 fully saturated rings. The number of aliphatic carboxylic acids is 1. The molecule has 3 aromatic heterocycles. The summed E-state index contributed by atoms with van der Waals surface area (Å²) in [6.07, 6.45) is 2.13. The van der Waals surface area contributed by atoms with Gasteiger partial charge in [0.2, 0.25) is 106 Å². The van der Waals surface area contributed by atoms with Crippen LogP contribution in [0.5, 0.6) is 5.75 Å². The summed E-state index contributed by atoms with van der Waals surface area (Å²) in [5.41, 5.74) is 19.3. The summed E-state index contributed by atoms with van der Waals surface area (Å²) < 4.78 is 1.43. The number of amides is 18. The van der Waals surface area contributed by atoms with Gasteiger partial charge in [0.05, 0.1) is 37.7 Å². The third-order valence-electron chi connectivity index (χ3n) is 24.1. The zero-order valence-corrected chi connectivity index (χ0v) is 78.1. The highest BCUT2D eigenvalue weighted by molar-refractivity contribution is 8.00. The van der Waals surface area contributed by atoms with E-state index in [0.29, 0.717) is 64.2 Å². The number of hydrogen-bond donors (Lipinski definition) is 18. The molecular formula is C91H124N22O22S. The lowest BCUT2D eigenvalue weighted by atomic mass is 9.99. The number of phenolic OH excluding ortho intramolecular Hbond substituents is 1. The van der Waals surface area contributed by atoms with E-state index in [1.807, 2.05) is 13.8 Å². The summed E-state index contributed by atoms with van der Waals surface area (Å²) >= 11 is 0.777. The van der Waals surface area contributed by atoms with Crippen LogP contribution in [0, 0.1) is 5.92 Å². The average Bonchev–Trinajstić information content (AvgIpc) is 1.65. The number of aromatic hydroxyl groups is 1. The number of primary amides is 3. The zero-order chi connectivity index (χ0) is 99.5. The number of aromatic nitrogens is 4. The van der Waals surface area contributed by atoms with Crippen molar-refractivity contribution in [1.82, 2.24) is 97.2 Å². The number of nitrogens with two attached hydrogens (primary N) is 3. The van der Waals surface area contributed by atoms with Crippen molar-refractivity contribution < 1.29 is 106 Å². The molecule has 18 amide bonds. The Labute approximate surface area is 788 Å². The Kier molecular flexibility index (Phi) is 38.7. The van der Waals surface area contributed by atoms with Crippen LogP contribution >= 0.6 is 11.8 Å². The molecule has 0 saturated carbocycles. The molecule has 0 unspecified atom stereocenters. The third-order valence-corrected chi connectivity index (χ3v) is 25.2. The summed E-state index contributed by atoms with van der Waals surface area (Å²) in [5, 5.41) is 59.0. The number of fused-ring (bicyclic) bond motifs is 4. The van der Waals surface area contributed by atoms with Gasteiger partial charge in [0, 0.05) is 125 Å². The van der Waals surface area contributed by atoms with Crippen molar-refractivity contribution in [2.45, 2.75) is 235 Å². The lowest BCUT2D eigenvalue weighted by molar-refractivity contribution is -0.149. The minimum Gasteiger partial charge on any atom is -0.508 e. The molecule has 0 bridgehead atoms. The summed E-state index contributed by atoms with van der Waals surface area (Å²) in [7, 11) is 3.88. The number of thioether (sulfide) groups is 1. The lowest BCUT2D eigenvalue weighted by Gasteiger charge is -2.36. The van der Waals surface area contributed by atoms with Gasteiger partial charge in [0.1, 0.15) is 90.8 Å². The number of imidazole rings is 1. The van der Waals surface area contributed by atoms with Gasteiger partial charge in [-0.3, -0.25) is 91.1 Å². The van der Waals surface area contributed by atoms with Crippen molar-refractivity contribution in [2.24, 2.45) is 23.1 Å². The predicted molar refractivity (Wildman–Crippen MR) is 494 cm³/mol. The van der Waals surface area contributed by atoms with E-state index in [4.69, 9.17) is 17.2 Å². The molecular weight excluding hydrogens is 1790 g/mol. The molecule has 45 heteroatoms. The van der Waals surface area contributed by atoms with Gasteiger partial charge in [-0.05, 0) is 92.3 Å². The number of carbonyl (C=O) groups is 19. The molecule has 3 aliphatic heterocycles. The molecule has 0 radical (unpaired) electrons. The number of carboxylic acid groups (broad SMARTS) is 1. The second-order valence-corrected chi connectivity index (χ2v) is 35.9. The number of hydrogen-bond acceptors (Lipinski definition) is 23. The van der Waals surface area contributed by atoms with Crippen molar-refractivity contribution in [3.8, 4) is 5.75 Å². The zero-order valence-electron chi connectivity index (χ0n) is 77.2. The average molecular weight is 1910 g/mol. The molecule has 6 aromatic rings. The summed E-state index contributed by atoms with van der Waals surface area (Å²) in [5.74, 6) is -19.9. The molecule has 0 aliphatic carbocycles. The fourth-order valence-electron chi connectivity index (χ4n) is 16.8. The van der Waals surface area contributed by atoms with Crippen LogP contribution in [-0.4, -0.2) is 315 Å². The first-order chi connectivity index (χ1) is 64.6. The number of aliphatic hydroxyl groups is 1. The van der Waals surface area contributed by atoms with Crippen LogP contribution in [0.25, 0.3) is 21.8 Å². The van der Waals surface area contributed by atoms with Crippen molar-refractivity contribution >= 4 is 146 Å². The second kappa shape index (κ2) is 49.8. The molecule has 0 spiro atoms. The number of likely N-dealkylation sites (N-methyl/N-ethyl adjacent to an activating group) is 3. The van der Waals surface area contributed by atoms with Crippen LogP contribution in [0.4, 0.5) is 0 Å². The Morgan fingerprint density at radius 1 is 0.574 bits per heavy atom.